The molecule has 0 aromatic carbocycles. The zero-order chi connectivity index (χ0) is 17.7. The minimum atomic E-state index is -3.57. The average Bonchev–Trinajstić information content (AvgIpc) is 3.07. The summed E-state index contributed by atoms with van der Waals surface area (Å²) in [5, 5.41) is 8.76. The summed E-state index contributed by atoms with van der Waals surface area (Å²) in [5.41, 5.74) is -0.439. The summed E-state index contributed by atoms with van der Waals surface area (Å²) in [5.74, 6) is -0.221. The van der Waals surface area contributed by atoms with E-state index in [2.05, 4.69) is 25.2 Å². The Labute approximate surface area is 146 Å². The van der Waals surface area contributed by atoms with Gasteiger partial charge >= 0.3 is 5.69 Å². The molecule has 132 valence electrons. The molecule has 4 N–H and O–H groups in total. The summed E-state index contributed by atoms with van der Waals surface area (Å²) >= 11 is 2.49. The Balaban J connectivity index is 1.73. The molecule has 12 heteroatoms. The van der Waals surface area contributed by atoms with Crippen molar-refractivity contribution in [1.29, 1.82) is 0 Å². The fourth-order valence-corrected chi connectivity index (χ4v) is 5.08. The van der Waals surface area contributed by atoms with Crippen molar-refractivity contribution in [3.63, 3.8) is 0 Å². The predicted molar refractivity (Wildman–Crippen MR) is 91.9 cm³/mol. The maximum absolute atomic E-state index is 12.2. The third kappa shape index (κ3) is 5.19. The van der Waals surface area contributed by atoms with E-state index in [0.29, 0.717) is 5.16 Å². The Morgan fingerprint density at radius 2 is 2.12 bits per heavy atom. The first-order valence-electron chi connectivity index (χ1n) is 6.89. The highest BCUT2D eigenvalue weighted by molar-refractivity contribution is 7.99. The number of thioether (sulfide) groups is 1. The maximum Gasteiger partial charge on any atom is 0.341 e. The lowest BCUT2D eigenvalue weighted by Crippen LogP contribution is -2.35. The van der Waals surface area contributed by atoms with Gasteiger partial charge in [0, 0.05) is 22.8 Å². The summed E-state index contributed by atoms with van der Waals surface area (Å²) < 4.78 is 26.8. The van der Waals surface area contributed by atoms with Crippen molar-refractivity contribution in [1.82, 2.24) is 25.2 Å². The number of carbonyl (C=O) groups excluding carboxylic acids is 1. The van der Waals surface area contributed by atoms with Crippen LogP contribution >= 0.6 is 23.1 Å². The molecule has 0 unspecified atom stereocenters. The minimum absolute atomic E-state index is 0.0658. The van der Waals surface area contributed by atoms with Gasteiger partial charge in [0.15, 0.2) is 5.16 Å². The number of nitrogens with one attached hydrogen (secondary N) is 4. The molecule has 24 heavy (non-hydrogen) atoms. The van der Waals surface area contributed by atoms with E-state index in [1.54, 1.807) is 13.0 Å². The van der Waals surface area contributed by atoms with Gasteiger partial charge in [0.25, 0.3) is 0 Å². The molecule has 2 aromatic rings. The van der Waals surface area contributed by atoms with Crippen molar-refractivity contribution in [3.05, 3.63) is 26.3 Å². The first-order chi connectivity index (χ1) is 11.3. The van der Waals surface area contributed by atoms with Crippen LogP contribution < -0.4 is 15.7 Å². The summed E-state index contributed by atoms with van der Waals surface area (Å²) in [7, 11) is -3.57. The quantitative estimate of drug-likeness (QED) is 0.368. The average molecular weight is 392 g/mol. The van der Waals surface area contributed by atoms with E-state index in [4.69, 9.17) is 0 Å². The Morgan fingerprint density at radius 3 is 2.71 bits per heavy atom. The second-order valence-electron chi connectivity index (χ2n) is 4.80. The molecular formula is C12H17N5O4S3. The van der Waals surface area contributed by atoms with Crippen molar-refractivity contribution >= 4 is 39.0 Å². The third-order valence-electron chi connectivity index (χ3n) is 2.84. The highest BCUT2D eigenvalue weighted by Gasteiger charge is 2.18. The number of thiophene rings is 1. The largest absolute Gasteiger partial charge is 0.354 e. The number of hydrogen-bond acceptors (Lipinski definition) is 7. The van der Waals surface area contributed by atoms with Crippen LogP contribution in [0.25, 0.3) is 0 Å². The van der Waals surface area contributed by atoms with Crippen LogP contribution in [0.2, 0.25) is 0 Å². The fourth-order valence-electron chi connectivity index (χ4n) is 1.85. The third-order valence-corrected chi connectivity index (χ3v) is 6.40. The van der Waals surface area contributed by atoms with Gasteiger partial charge in [0.05, 0.1) is 10.6 Å². The molecular weight excluding hydrogens is 374 g/mol. The topological polar surface area (TPSA) is 137 Å². The molecule has 0 radical (unpaired) electrons. The highest BCUT2D eigenvalue weighted by atomic mass is 32.2. The Kier molecular flexibility index (Phi) is 6.21. The van der Waals surface area contributed by atoms with Crippen molar-refractivity contribution in [2.75, 3.05) is 18.8 Å². The van der Waals surface area contributed by atoms with Crippen molar-refractivity contribution in [3.8, 4) is 0 Å². The highest BCUT2D eigenvalue weighted by Crippen LogP contribution is 2.24. The number of aromatic amines is 2. The number of amides is 1. The van der Waals surface area contributed by atoms with Gasteiger partial charge in [-0.3, -0.25) is 9.78 Å². The summed E-state index contributed by atoms with van der Waals surface area (Å²) in [6.45, 7) is 3.86. The minimum Gasteiger partial charge on any atom is -0.354 e. The molecule has 2 aromatic heterocycles. The monoisotopic (exact) mass is 391 g/mol. The van der Waals surface area contributed by atoms with Crippen LogP contribution in [-0.2, 0) is 14.8 Å². The molecule has 0 fully saturated rings. The van der Waals surface area contributed by atoms with E-state index >= 15 is 0 Å². The molecule has 0 saturated heterocycles. The van der Waals surface area contributed by atoms with Gasteiger partial charge in [-0.05, 0) is 19.9 Å². The number of sulfonamides is 1. The summed E-state index contributed by atoms with van der Waals surface area (Å²) in [6.07, 6.45) is 0. The van der Waals surface area contributed by atoms with Crippen LogP contribution in [-0.4, -0.2) is 48.3 Å². The summed E-state index contributed by atoms with van der Waals surface area (Å²) in [6, 6.07) is 1.63. The van der Waals surface area contributed by atoms with Crippen LogP contribution in [0.5, 0.6) is 0 Å². The second kappa shape index (κ2) is 7.96. The van der Waals surface area contributed by atoms with Gasteiger partial charge in [0.1, 0.15) is 0 Å². The molecule has 0 aliphatic rings. The van der Waals surface area contributed by atoms with Crippen LogP contribution in [0.4, 0.5) is 0 Å². The van der Waals surface area contributed by atoms with E-state index in [1.807, 2.05) is 6.92 Å². The van der Waals surface area contributed by atoms with Crippen molar-refractivity contribution in [2.24, 2.45) is 0 Å². The Hall–Kier alpha value is -1.63. The van der Waals surface area contributed by atoms with Gasteiger partial charge in [-0.2, -0.15) is 0 Å². The van der Waals surface area contributed by atoms with Crippen molar-refractivity contribution in [2.45, 2.75) is 23.9 Å². The number of nitrogens with zero attached hydrogens (tertiary/aromatic N) is 1. The number of aromatic nitrogens is 3. The molecule has 9 nitrogen and oxygen atoms in total. The van der Waals surface area contributed by atoms with Crippen LogP contribution in [0.1, 0.15) is 9.75 Å². The van der Waals surface area contributed by atoms with Gasteiger partial charge in [0.2, 0.25) is 15.9 Å². The number of aryl methyl sites for hydroxylation is 2. The van der Waals surface area contributed by atoms with Crippen LogP contribution in [0.15, 0.2) is 20.9 Å². The number of H-pyrrole nitrogens is 2. The van der Waals surface area contributed by atoms with Gasteiger partial charge in [-0.25, -0.2) is 23.0 Å². The van der Waals surface area contributed by atoms with Gasteiger partial charge in [-0.15, -0.1) is 16.4 Å². The van der Waals surface area contributed by atoms with E-state index < -0.39 is 15.7 Å². The molecule has 2 rings (SSSR count). The van der Waals surface area contributed by atoms with Gasteiger partial charge < -0.3 is 5.32 Å². The second-order valence-corrected chi connectivity index (χ2v) is 8.96. The first-order valence-corrected chi connectivity index (χ1v) is 10.2. The number of hydrogen-bond donors (Lipinski definition) is 4. The molecule has 0 aliphatic heterocycles. The summed E-state index contributed by atoms with van der Waals surface area (Å²) in [4.78, 5) is 26.8. The zero-order valence-corrected chi connectivity index (χ0v) is 15.5. The van der Waals surface area contributed by atoms with Gasteiger partial charge in [-0.1, -0.05) is 11.8 Å². The molecule has 0 aliphatic carbocycles. The SMILES string of the molecule is Cc1cc(S(=O)(=O)NCCNC(=O)CSc2n[nH]c(=O)[nH]2)c(C)s1. The molecule has 0 saturated carbocycles. The number of carbonyl (C=O) groups is 1. The molecule has 0 spiro atoms. The molecule has 0 atom stereocenters. The normalized spacial score (nSPS) is 11.6. The fraction of sp³-hybridized carbons (Fsp3) is 0.417. The standard InChI is InChI=1S/C12H17N5O4S3/c1-7-5-9(8(2)23-7)24(20,21)14-4-3-13-10(18)6-22-12-15-11(19)16-17-12/h5,14H,3-4,6H2,1-2H3,(H,13,18)(H2,15,16,17,19). The van der Waals surface area contributed by atoms with E-state index in [9.17, 15) is 18.0 Å². The zero-order valence-electron chi connectivity index (χ0n) is 13.0. The predicted octanol–water partition coefficient (Wildman–Crippen LogP) is -0.0369. The molecule has 1 amide bonds. The van der Waals surface area contributed by atoms with E-state index in [0.717, 1.165) is 21.5 Å². The molecule has 0 bridgehead atoms. The maximum atomic E-state index is 12.2. The van der Waals surface area contributed by atoms with Crippen molar-refractivity contribution < 1.29 is 13.2 Å². The number of rotatable bonds is 8. The smallest absolute Gasteiger partial charge is 0.341 e. The first kappa shape index (κ1) is 18.7. The van der Waals surface area contributed by atoms with Crippen LogP contribution in [0, 0.1) is 13.8 Å². The lowest BCUT2D eigenvalue weighted by atomic mass is 10.4. The lowest BCUT2D eigenvalue weighted by molar-refractivity contribution is -0.118. The van der Waals surface area contributed by atoms with E-state index in [1.165, 1.54) is 11.3 Å². The molecule has 2 heterocycles. The lowest BCUT2D eigenvalue weighted by Gasteiger charge is -2.07. The van der Waals surface area contributed by atoms with E-state index in [-0.39, 0.29) is 29.6 Å². The Bertz CT molecular complexity index is 867. The van der Waals surface area contributed by atoms with Crippen LogP contribution in [0.3, 0.4) is 0 Å². The Morgan fingerprint density at radius 1 is 1.38 bits per heavy atom.